The smallest absolute Gasteiger partial charge is 0.165 e. The van der Waals surface area contributed by atoms with Gasteiger partial charge in [-0.15, -0.1) is 0 Å². The zero-order valence-electron chi connectivity index (χ0n) is 11.2. The molecule has 0 radical (unpaired) electrons. The Morgan fingerprint density at radius 2 is 1.89 bits per heavy atom. The number of para-hydroxylation sites is 1. The van der Waals surface area contributed by atoms with Crippen molar-refractivity contribution in [2.24, 2.45) is 5.73 Å². The van der Waals surface area contributed by atoms with Gasteiger partial charge in [0, 0.05) is 6.04 Å². The molecule has 0 spiro atoms. The fourth-order valence-corrected chi connectivity index (χ4v) is 1.92. The van der Waals surface area contributed by atoms with Gasteiger partial charge in [0.05, 0.1) is 0 Å². The Hall–Kier alpha value is -1.87. The summed E-state index contributed by atoms with van der Waals surface area (Å²) in [6.07, 6.45) is 0.654. The average molecular weight is 259 g/mol. The first kappa shape index (κ1) is 13.6. The highest BCUT2D eigenvalue weighted by Gasteiger charge is 2.08. The SMILES string of the molecule is Cc1ccccc1Oc1ccc(CC(C)N)cc1F. The van der Waals surface area contributed by atoms with E-state index in [0.29, 0.717) is 12.2 Å². The van der Waals surface area contributed by atoms with Crippen LogP contribution in [0.1, 0.15) is 18.1 Å². The van der Waals surface area contributed by atoms with E-state index >= 15 is 0 Å². The summed E-state index contributed by atoms with van der Waals surface area (Å²) in [5, 5.41) is 0. The van der Waals surface area contributed by atoms with E-state index in [4.69, 9.17) is 10.5 Å². The van der Waals surface area contributed by atoms with E-state index < -0.39 is 0 Å². The molecule has 100 valence electrons. The highest BCUT2D eigenvalue weighted by Crippen LogP contribution is 2.27. The molecule has 2 aromatic rings. The monoisotopic (exact) mass is 259 g/mol. The lowest BCUT2D eigenvalue weighted by Crippen LogP contribution is -2.17. The maximum atomic E-state index is 14.0. The van der Waals surface area contributed by atoms with Gasteiger partial charge in [-0.1, -0.05) is 24.3 Å². The number of ether oxygens (including phenoxy) is 1. The molecule has 1 unspecified atom stereocenters. The molecule has 0 aromatic heterocycles. The van der Waals surface area contributed by atoms with Crippen molar-refractivity contribution in [3.63, 3.8) is 0 Å². The van der Waals surface area contributed by atoms with Crippen LogP contribution in [0.2, 0.25) is 0 Å². The number of hydrogen-bond donors (Lipinski definition) is 1. The third-order valence-corrected chi connectivity index (χ3v) is 2.87. The molecule has 0 amide bonds. The van der Waals surface area contributed by atoms with Gasteiger partial charge in [-0.3, -0.25) is 0 Å². The maximum absolute atomic E-state index is 14.0. The Balaban J connectivity index is 2.20. The van der Waals surface area contributed by atoms with Gasteiger partial charge in [-0.05, 0) is 49.6 Å². The van der Waals surface area contributed by atoms with Gasteiger partial charge in [0.2, 0.25) is 0 Å². The maximum Gasteiger partial charge on any atom is 0.165 e. The van der Waals surface area contributed by atoms with Crippen LogP contribution < -0.4 is 10.5 Å². The fraction of sp³-hybridized carbons (Fsp3) is 0.250. The summed E-state index contributed by atoms with van der Waals surface area (Å²) in [4.78, 5) is 0. The van der Waals surface area contributed by atoms with Gasteiger partial charge in [-0.25, -0.2) is 4.39 Å². The molecule has 0 saturated heterocycles. The molecule has 2 rings (SSSR count). The van der Waals surface area contributed by atoms with Crippen LogP contribution in [0.15, 0.2) is 42.5 Å². The van der Waals surface area contributed by atoms with Crippen molar-refractivity contribution < 1.29 is 9.13 Å². The first-order valence-corrected chi connectivity index (χ1v) is 6.34. The quantitative estimate of drug-likeness (QED) is 0.906. The Labute approximate surface area is 113 Å². The zero-order chi connectivity index (χ0) is 13.8. The summed E-state index contributed by atoms with van der Waals surface area (Å²) in [5.41, 5.74) is 7.56. The third-order valence-electron chi connectivity index (χ3n) is 2.87. The second-order valence-electron chi connectivity index (χ2n) is 4.81. The van der Waals surface area contributed by atoms with Crippen molar-refractivity contribution in [2.75, 3.05) is 0 Å². The Morgan fingerprint density at radius 3 is 2.53 bits per heavy atom. The van der Waals surface area contributed by atoms with E-state index in [-0.39, 0.29) is 17.6 Å². The van der Waals surface area contributed by atoms with Crippen LogP contribution in [0, 0.1) is 12.7 Å². The second kappa shape index (κ2) is 5.85. The van der Waals surface area contributed by atoms with Crippen molar-refractivity contribution in [1.82, 2.24) is 0 Å². The Kier molecular flexibility index (Phi) is 4.17. The van der Waals surface area contributed by atoms with Crippen LogP contribution in [0.25, 0.3) is 0 Å². The molecule has 1 atom stereocenters. The molecule has 0 aliphatic carbocycles. The Morgan fingerprint density at radius 1 is 1.16 bits per heavy atom. The first-order chi connectivity index (χ1) is 9.06. The van der Waals surface area contributed by atoms with Crippen molar-refractivity contribution in [3.05, 3.63) is 59.4 Å². The molecule has 2 aromatic carbocycles. The van der Waals surface area contributed by atoms with Crippen LogP contribution in [-0.2, 0) is 6.42 Å². The van der Waals surface area contributed by atoms with Gasteiger partial charge in [0.15, 0.2) is 11.6 Å². The molecule has 2 N–H and O–H groups in total. The zero-order valence-corrected chi connectivity index (χ0v) is 11.2. The number of aryl methyl sites for hydroxylation is 1. The molecule has 0 aliphatic rings. The van der Waals surface area contributed by atoms with Gasteiger partial charge in [0.25, 0.3) is 0 Å². The molecule has 0 heterocycles. The topological polar surface area (TPSA) is 35.2 Å². The van der Waals surface area contributed by atoms with Gasteiger partial charge in [-0.2, -0.15) is 0 Å². The summed E-state index contributed by atoms with van der Waals surface area (Å²) < 4.78 is 19.5. The summed E-state index contributed by atoms with van der Waals surface area (Å²) in [6.45, 7) is 3.83. The molecule has 0 fully saturated rings. The van der Waals surface area contributed by atoms with Gasteiger partial charge < -0.3 is 10.5 Å². The molecule has 0 saturated carbocycles. The number of hydrogen-bond acceptors (Lipinski definition) is 2. The summed E-state index contributed by atoms with van der Waals surface area (Å²) in [6, 6.07) is 12.5. The third kappa shape index (κ3) is 3.55. The lowest BCUT2D eigenvalue weighted by Gasteiger charge is -2.11. The number of halogens is 1. The Bertz CT molecular complexity index is 566. The fourth-order valence-electron chi connectivity index (χ4n) is 1.92. The van der Waals surface area contributed by atoms with Crippen LogP contribution in [0.5, 0.6) is 11.5 Å². The molecule has 3 heteroatoms. The van der Waals surface area contributed by atoms with Crippen LogP contribution >= 0.6 is 0 Å². The number of nitrogens with two attached hydrogens (primary N) is 1. The van der Waals surface area contributed by atoms with E-state index in [1.807, 2.05) is 44.2 Å². The molecule has 19 heavy (non-hydrogen) atoms. The molecular weight excluding hydrogens is 241 g/mol. The predicted molar refractivity (Wildman–Crippen MR) is 75.0 cm³/mol. The largest absolute Gasteiger partial charge is 0.454 e. The lowest BCUT2D eigenvalue weighted by atomic mass is 10.1. The van der Waals surface area contributed by atoms with E-state index in [1.165, 1.54) is 6.07 Å². The van der Waals surface area contributed by atoms with Crippen molar-refractivity contribution >= 4 is 0 Å². The minimum atomic E-state index is -0.360. The summed E-state index contributed by atoms with van der Waals surface area (Å²) in [5.74, 6) is 0.547. The minimum Gasteiger partial charge on any atom is -0.454 e. The van der Waals surface area contributed by atoms with Crippen molar-refractivity contribution in [3.8, 4) is 11.5 Å². The molecule has 0 aliphatic heterocycles. The van der Waals surface area contributed by atoms with Crippen molar-refractivity contribution in [2.45, 2.75) is 26.3 Å². The van der Waals surface area contributed by atoms with Crippen molar-refractivity contribution in [1.29, 1.82) is 0 Å². The number of benzene rings is 2. The lowest BCUT2D eigenvalue weighted by molar-refractivity contribution is 0.439. The predicted octanol–water partition coefficient (Wildman–Crippen LogP) is 3.82. The van der Waals surface area contributed by atoms with Crippen LogP contribution in [0.4, 0.5) is 4.39 Å². The minimum absolute atomic E-state index is 0.0162. The highest BCUT2D eigenvalue weighted by atomic mass is 19.1. The van der Waals surface area contributed by atoms with Crippen LogP contribution in [-0.4, -0.2) is 6.04 Å². The molecule has 2 nitrogen and oxygen atoms in total. The molecular formula is C16H18FNO. The van der Waals surface area contributed by atoms with E-state index in [1.54, 1.807) is 6.07 Å². The van der Waals surface area contributed by atoms with E-state index in [0.717, 1.165) is 11.1 Å². The average Bonchev–Trinajstić information content (AvgIpc) is 2.34. The highest BCUT2D eigenvalue weighted by molar-refractivity contribution is 5.38. The standard InChI is InChI=1S/C16H18FNO/c1-11-5-3-4-6-15(11)19-16-8-7-13(9-12(2)18)10-14(16)17/h3-8,10,12H,9,18H2,1-2H3. The van der Waals surface area contributed by atoms with E-state index in [9.17, 15) is 4.39 Å². The summed E-state index contributed by atoms with van der Waals surface area (Å²) >= 11 is 0. The normalized spacial score (nSPS) is 12.2. The van der Waals surface area contributed by atoms with Gasteiger partial charge >= 0.3 is 0 Å². The molecule has 0 bridgehead atoms. The van der Waals surface area contributed by atoms with E-state index in [2.05, 4.69) is 0 Å². The van der Waals surface area contributed by atoms with Crippen LogP contribution in [0.3, 0.4) is 0 Å². The van der Waals surface area contributed by atoms with Gasteiger partial charge in [0.1, 0.15) is 5.75 Å². The second-order valence-corrected chi connectivity index (χ2v) is 4.81. The first-order valence-electron chi connectivity index (χ1n) is 6.34. The summed E-state index contributed by atoms with van der Waals surface area (Å²) in [7, 11) is 0. The number of rotatable bonds is 4.